The highest BCUT2D eigenvalue weighted by Gasteiger charge is 2.29. The summed E-state index contributed by atoms with van der Waals surface area (Å²) < 4.78 is 0. The van der Waals surface area contributed by atoms with Crippen molar-refractivity contribution < 1.29 is 20.2 Å². The number of hydrogen-bond donors (Lipinski definition) is 5. The normalized spacial score (nSPS) is 15.5. The Bertz CT molecular complexity index is 156. The van der Waals surface area contributed by atoms with Crippen LogP contribution in [-0.2, 0) is 4.79 Å². The molecule has 0 aliphatic rings. The zero-order chi connectivity index (χ0) is 10.4. The van der Waals surface area contributed by atoms with Crippen LogP contribution in [0.2, 0.25) is 0 Å². The molecule has 0 radical (unpaired) electrons. The Morgan fingerprint density at radius 2 is 2.15 bits per heavy atom. The van der Waals surface area contributed by atoms with E-state index in [-0.39, 0.29) is 0 Å². The molecule has 0 saturated carbocycles. The number of aliphatic hydroxyl groups excluding tert-OH is 2. The molecule has 0 bridgehead atoms. The van der Waals surface area contributed by atoms with Gasteiger partial charge in [-0.15, -0.1) is 0 Å². The average Bonchev–Trinajstić information content (AvgIpc) is 2.16. The number of carbonyl (C=O) groups is 1. The molecule has 0 aliphatic carbocycles. The van der Waals surface area contributed by atoms with Crippen molar-refractivity contribution in [3.8, 4) is 0 Å². The number of likely N-dealkylation sites (N-methyl/N-ethyl adjacent to an activating group) is 2. The smallest absolute Gasteiger partial charge is 0.264 e. The third-order valence-corrected chi connectivity index (χ3v) is 1.67. The summed E-state index contributed by atoms with van der Waals surface area (Å²) in [7, 11) is 2.88. The molecule has 78 valence electrons. The summed E-state index contributed by atoms with van der Waals surface area (Å²) in [6.07, 6.45) is -1.16. The number of carbonyl (C=O) groups excluding carboxylic acids is 1. The second kappa shape index (κ2) is 5.84. The molecule has 0 fully saturated rings. The molecule has 2 atom stereocenters. The topological polar surface area (TPSA) is 105 Å². The third kappa shape index (κ3) is 3.25. The molecule has 7 heteroatoms. The van der Waals surface area contributed by atoms with Gasteiger partial charge < -0.3 is 10.2 Å². The summed E-state index contributed by atoms with van der Waals surface area (Å²) in [5.74, 6) is -0.793. The summed E-state index contributed by atoms with van der Waals surface area (Å²) in [6.45, 7) is -0.406. The number of amides is 1. The van der Waals surface area contributed by atoms with Gasteiger partial charge in [0.15, 0.2) is 0 Å². The van der Waals surface area contributed by atoms with Crippen LogP contribution in [0.4, 0.5) is 0 Å². The maximum Gasteiger partial charge on any atom is 0.264 e. The van der Waals surface area contributed by atoms with Gasteiger partial charge in [0.05, 0.1) is 6.73 Å². The lowest BCUT2D eigenvalue weighted by atomic mass is 10.2. The van der Waals surface area contributed by atoms with E-state index in [2.05, 4.69) is 5.32 Å². The second-order valence-electron chi connectivity index (χ2n) is 2.55. The molecule has 0 aromatic heterocycles. The van der Waals surface area contributed by atoms with E-state index in [1.165, 1.54) is 24.5 Å². The van der Waals surface area contributed by atoms with Gasteiger partial charge in [0, 0.05) is 0 Å². The highest BCUT2D eigenvalue weighted by molar-refractivity contribution is 5.81. The van der Waals surface area contributed by atoms with Gasteiger partial charge in [-0.2, -0.15) is 0 Å². The van der Waals surface area contributed by atoms with Crippen LogP contribution < -0.4 is 10.8 Å². The predicted octanol–water partition coefficient (Wildman–Crippen LogP) is -2.72. The average molecular weight is 193 g/mol. The Morgan fingerprint density at radius 1 is 1.62 bits per heavy atom. The van der Waals surface area contributed by atoms with E-state index in [0.717, 1.165) is 0 Å². The van der Waals surface area contributed by atoms with Crippen LogP contribution >= 0.6 is 0 Å². The Labute approximate surface area is 75.9 Å². The lowest BCUT2D eigenvalue weighted by Crippen LogP contribution is -2.55. The first-order chi connectivity index (χ1) is 6.08. The van der Waals surface area contributed by atoms with Gasteiger partial charge in [-0.05, 0) is 14.1 Å². The zero-order valence-corrected chi connectivity index (χ0v) is 7.56. The Hall–Kier alpha value is -0.730. The van der Waals surface area contributed by atoms with Gasteiger partial charge in [-0.3, -0.25) is 20.2 Å². The quantitative estimate of drug-likeness (QED) is 0.184. The number of hydroxylamine groups is 1. The Kier molecular flexibility index (Phi) is 5.51. The minimum Gasteiger partial charge on any atom is -0.381 e. The van der Waals surface area contributed by atoms with Crippen LogP contribution in [0.5, 0.6) is 0 Å². The lowest BCUT2D eigenvalue weighted by Gasteiger charge is -2.27. The monoisotopic (exact) mass is 193 g/mol. The van der Waals surface area contributed by atoms with Crippen molar-refractivity contribution in [1.29, 1.82) is 0 Å². The van der Waals surface area contributed by atoms with Gasteiger partial charge >= 0.3 is 0 Å². The number of hydrogen-bond acceptors (Lipinski definition) is 6. The lowest BCUT2D eigenvalue weighted by molar-refractivity contribution is -0.141. The summed E-state index contributed by atoms with van der Waals surface area (Å²) in [5.41, 5.74) is 1.40. The molecule has 5 N–H and O–H groups in total. The molecule has 0 heterocycles. The summed E-state index contributed by atoms with van der Waals surface area (Å²) in [5, 5.41) is 28.8. The maximum absolute atomic E-state index is 11.0. The van der Waals surface area contributed by atoms with E-state index in [4.69, 9.17) is 10.3 Å². The molecule has 0 saturated heterocycles. The third-order valence-electron chi connectivity index (χ3n) is 1.67. The highest BCUT2D eigenvalue weighted by atomic mass is 16.5. The van der Waals surface area contributed by atoms with Crippen LogP contribution in [0.15, 0.2) is 0 Å². The Balaban J connectivity index is 4.44. The largest absolute Gasteiger partial charge is 0.381 e. The molecule has 7 nitrogen and oxygen atoms in total. The van der Waals surface area contributed by atoms with Crippen molar-refractivity contribution in [1.82, 2.24) is 15.7 Å². The molecule has 13 heavy (non-hydrogen) atoms. The van der Waals surface area contributed by atoms with Crippen LogP contribution in [0.1, 0.15) is 0 Å². The summed E-state index contributed by atoms with van der Waals surface area (Å²) >= 11 is 0. The van der Waals surface area contributed by atoms with Crippen molar-refractivity contribution in [3.05, 3.63) is 0 Å². The maximum atomic E-state index is 11.0. The minimum atomic E-state index is -1.16. The molecule has 2 unspecified atom stereocenters. The second-order valence-corrected chi connectivity index (χ2v) is 2.55. The predicted molar refractivity (Wildman–Crippen MR) is 43.6 cm³/mol. The fraction of sp³-hybridized carbons (Fsp3) is 0.833. The Morgan fingerprint density at radius 3 is 2.46 bits per heavy atom. The van der Waals surface area contributed by atoms with Crippen molar-refractivity contribution in [2.75, 3.05) is 20.8 Å². The molecule has 0 aromatic rings. The van der Waals surface area contributed by atoms with Crippen molar-refractivity contribution >= 4 is 5.91 Å². The minimum absolute atomic E-state index is 0.406. The van der Waals surface area contributed by atoms with Crippen molar-refractivity contribution in [2.45, 2.75) is 12.3 Å². The molecular formula is C6H15N3O4. The van der Waals surface area contributed by atoms with Crippen molar-refractivity contribution in [3.63, 3.8) is 0 Å². The van der Waals surface area contributed by atoms with Crippen molar-refractivity contribution in [2.24, 2.45) is 0 Å². The summed E-state index contributed by atoms with van der Waals surface area (Å²) in [6, 6.07) is -1.04. The van der Waals surface area contributed by atoms with E-state index in [9.17, 15) is 9.90 Å². The number of nitrogens with zero attached hydrogens (tertiary/aromatic N) is 1. The molecule has 0 rings (SSSR count). The fourth-order valence-corrected chi connectivity index (χ4v) is 0.897. The van der Waals surface area contributed by atoms with Gasteiger partial charge in [0.25, 0.3) is 5.91 Å². The number of nitrogens with one attached hydrogen (secondary N) is 2. The summed E-state index contributed by atoms with van der Waals surface area (Å²) in [4.78, 5) is 12.2. The van der Waals surface area contributed by atoms with Crippen LogP contribution in [-0.4, -0.2) is 59.3 Å². The van der Waals surface area contributed by atoms with E-state index in [0.29, 0.717) is 0 Å². The molecule has 0 aromatic carbocycles. The number of aliphatic hydroxyl groups is 2. The van der Waals surface area contributed by atoms with E-state index in [1.807, 2.05) is 0 Å². The van der Waals surface area contributed by atoms with Gasteiger partial charge in [0.2, 0.25) is 0 Å². The first-order valence-corrected chi connectivity index (χ1v) is 3.68. The molecule has 1 amide bonds. The zero-order valence-electron chi connectivity index (χ0n) is 7.56. The number of rotatable bonds is 5. The standard InChI is InChI=1S/C6H15N3O4/c1-7-5(11)4(6(12)8-13)9(2)3-10/h4-5,7,10-11,13H,3H2,1-2H3,(H,8,12). The van der Waals surface area contributed by atoms with Gasteiger partial charge in [-0.25, -0.2) is 5.48 Å². The van der Waals surface area contributed by atoms with E-state index in [1.54, 1.807) is 0 Å². The molecular weight excluding hydrogens is 178 g/mol. The first kappa shape index (κ1) is 12.3. The van der Waals surface area contributed by atoms with Gasteiger partial charge in [0.1, 0.15) is 12.3 Å². The molecule has 0 aliphatic heterocycles. The van der Waals surface area contributed by atoms with E-state index < -0.39 is 24.9 Å². The fourth-order valence-electron chi connectivity index (χ4n) is 0.897. The SMILES string of the molecule is CNC(O)C(C(=O)NO)N(C)CO. The van der Waals surface area contributed by atoms with Crippen LogP contribution in [0, 0.1) is 0 Å². The first-order valence-electron chi connectivity index (χ1n) is 3.68. The van der Waals surface area contributed by atoms with Gasteiger partial charge in [-0.1, -0.05) is 0 Å². The van der Waals surface area contributed by atoms with Crippen LogP contribution in [0.25, 0.3) is 0 Å². The molecule has 0 spiro atoms. The van der Waals surface area contributed by atoms with Crippen LogP contribution in [0.3, 0.4) is 0 Å². The van der Waals surface area contributed by atoms with E-state index >= 15 is 0 Å². The highest BCUT2D eigenvalue weighted by Crippen LogP contribution is 1.99.